The number of hydrogen-bond donors (Lipinski definition) is 1. The number of nitrogens with one attached hydrogen (secondary N) is 1. The van der Waals surface area contributed by atoms with Gasteiger partial charge in [0.25, 0.3) is 0 Å². The van der Waals surface area contributed by atoms with E-state index in [1.807, 2.05) is 36.4 Å². The Morgan fingerprint density at radius 3 is 2.85 bits per heavy atom. The van der Waals surface area contributed by atoms with Crippen LogP contribution >= 0.6 is 0 Å². The summed E-state index contributed by atoms with van der Waals surface area (Å²) in [6.07, 6.45) is 4.22. The van der Waals surface area contributed by atoms with Crippen LogP contribution in [0.3, 0.4) is 0 Å². The molecule has 1 N–H and O–H groups in total. The molecule has 1 unspecified atom stereocenters. The lowest BCUT2D eigenvalue weighted by Gasteiger charge is -2.34. The smallest absolute Gasteiger partial charge is 0.237 e. The van der Waals surface area contributed by atoms with E-state index in [0.29, 0.717) is 25.6 Å². The Balaban J connectivity index is 2.01. The number of benzene rings is 1. The van der Waals surface area contributed by atoms with Gasteiger partial charge in [-0.25, -0.2) is 0 Å². The van der Waals surface area contributed by atoms with Gasteiger partial charge in [-0.3, -0.25) is 14.5 Å². The van der Waals surface area contributed by atoms with E-state index in [2.05, 4.69) is 24.1 Å². The van der Waals surface area contributed by atoms with Gasteiger partial charge in [0.05, 0.1) is 19.6 Å². The lowest BCUT2D eigenvalue weighted by atomic mass is 10.1. The molecule has 1 aromatic rings. The number of carbonyl (C=O) groups excluding carboxylic acids is 2. The van der Waals surface area contributed by atoms with Crippen LogP contribution in [0.1, 0.15) is 25.8 Å². The van der Waals surface area contributed by atoms with Crippen molar-refractivity contribution in [2.75, 3.05) is 40.3 Å². The van der Waals surface area contributed by atoms with Crippen molar-refractivity contribution in [2.24, 2.45) is 5.92 Å². The first-order chi connectivity index (χ1) is 12.9. The largest absolute Gasteiger partial charge is 0.496 e. The Kier molecular flexibility index (Phi) is 7.85. The van der Waals surface area contributed by atoms with Crippen molar-refractivity contribution >= 4 is 17.9 Å². The molecule has 2 rings (SSSR count). The summed E-state index contributed by atoms with van der Waals surface area (Å²) in [6.45, 7) is 6.79. The normalized spacial score (nSPS) is 18.0. The van der Waals surface area contributed by atoms with Crippen LogP contribution in [0.4, 0.5) is 0 Å². The van der Waals surface area contributed by atoms with Gasteiger partial charge in [-0.05, 0) is 12.0 Å². The predicted octanol–water partition coefficient (Wildman–Crippen LogP) is 2.01. The summed E-state index contributed by atoms with van der Waals surface area (Å²) in [5.74, 6) is 1.15. The molecule has 6 nitrogen and oxygen atoms in total. The van der Waals surface area contributed by atoms with Gasteiger partial charge in [-0.2, -0.15) is 0 Å². The van der Waals surface area contributed by atoms with E-state index in [9.17, 15) is 9.59 Å². The number of amides is 2. The van der Waals surface area contributed by atoms with Crippen LogP contribution in [-0.4, -0.2) is 68.0 Å². The van der Waals surface area contributed by atoms with Crippen molar-refractivity contribution in [3.8, 4) is 5.75 Å². The SMILES string of the molecule is COc1ccccc1C=CCN1CCNC(=O)C1CC(=O)N(C)CC(C)C. The van der Waals surface area contributed by atoms with E-state index in [-0.39, 0.29) is 18.2 Å². The second-order valence-corrected chi connectivity index (χ2v) is 7.32. The van der Waals surface area contributed by atoms with E-state index < -0.39 is 6.04 Å². The zero-order valence-electron chi connectivity index (χ0n) is 16.8. The van der Waals surface area contributed by atoms with Gasteiger partial charge in [0, 0.05) is 38.8 Å². The van der Waals surface area contributed by atoms with Crippen molar-refractivity contribution < 1.29 is 14.3 Å². The van der Waals surface area contributed by atoms with Crippen LogP contribution in [0.5, 0.6) is 5.75 Å². The summed E-state index contributed by atoms with van der Waals surface area (Å²) < 4.78 is 5.36. The molecule has 1 saturated heterocycles. The molecule has 0 radical (unpaired) electrons. The fourth-order valence-electron chi connectivity index (χ4n) is 3.29. The van der Waals surface area contributed by atoms with Crippen LogP contribution in [0.25, 0.3) is 6.08 Å². The lowest BCUT2D eigenvalue weighted by molar-refractivity contribution is -0.138. The molecule has 1 heterocycles. The van der Waals surface area contributed by atoms with Gasteiger partial charge in [0.2, 0.25) is 11.8 Å². The number of nitrogens with zero attached hydrogens (tertiary/aromatic N) is 2. The topological polar surface area (TPSA) is 61.9 Å². The van der Waals surface area contributed by atoms with Crippen molar-refractivity contribution in [2.45, 2.75) is 26.3 Å². The molecule has 1 aliphatic rings. The lowest BCUT2D eigenvalue weighted by Crippen LogP contribution is -2.56. The third-order valence-electron chi connectivity index (χ3n) is 4.65. The molecular weight excluding hydrogens is 342 g/mol. The van der Waals surface area contributed by atoms with Crippen LogP contribution in [-0.2, 0) is 9.59 Å². The fraction of sp³-hybridized carbons (Fsp3) is 0.524. The molecule has 0 aliphatic carbocycles. The minimum absolute atomic E-state index is 0.00413. The molecule has 0 saturated carbocycles. The Hall–Kier alpha value is -2.34. The first-order valence-corrected chi connectivity index (χ1v) is 9.47. The summed E-state index contributed by atoms with van der Waals surface area (Å²) in [6, 6.07) is 7.37. The molecule has 1 atom stereocenters. The maximum atomic E-state index is 12.5. The van der Waals surface area contributed by atoms with Crippen molar-refractivity contribution in [3.63, 3.8) is 0 Å². The highest BCUT2D eigenvalue weighted by Crippen LogP contribution is 2.19. The molecule has 148 valence electrons. The zero-order valence-corrected chi connectivity index (χ0v) is 16.8. The number of piperazine rings is 1. The minimum Gasteiger partial charge on any atom is -0.496 e. The molecule has 6 heteroatoms. The summed E-state index contributed by atoms with van der Waals surface area (Å²) in [7, 11) is 3.45. The highest BCUT2D eigenvalue weighted by Gasteiger charge is 2.31. The second kappa shape index (κ2) is 10.1. The van der Waals surface area contributed by atoms with Crippen molar-refractivity contribution in [1.82, 2.24) is 15.1 Å². The highest BCUT2D eigenvalue weighted by atomic mass is 16.5. The number of hydrogen-bond acceptors (Lipinski definition) is 4. The quantitative estimate of drug-likeness (QED) is 0.757. The van der Waals surface area contributed by atoms with Crippen LogP contribution in [0.2, 0.25) is 0 Å². The minimum atomic E-state index is -0.428. The van der Waals surface area contributed by atoms with E-state index in [1.165, 1.54) is 0 Å². The molecule has 1 aromatic carbocycles. The van der Waals surface area contributed by atoms with E-state index in [1.54, 1.807) is 19.1 Å². The zero-order chi connectivity index (χ0) is 19.8. The van der Waals surface area contributed by atoms with Crippen molar-refractivity contribution in [3.05, 3.63) is 35.9 Å². The number of carbonyl (C=O) groups is 2. The molecule has 1 fully saturated rings. The Morgan fingerprint density at radius 2 is 2.15 bits per heavy atom. The number of methoxy groups -OCH3 is 1. The Morgan fingerprint density at radius 1 is 1.41 bits per heavy atom. The molecule has 2 amide bonds. The highest BCUT2D eigenvalue weighted by molar-refractivity contribution is 5.88. The molecule has 27 heavy (non-hydrogen) atoms. The molecule has 0 aromatic heterocycles. The molecule has 0 bridgehead atoms. The average Bonchev–Trinajstić information content (AvgIpc) is 2.64. The van der Waals surface area contributed by atoms with Crippen LogP contribution in [0, 0.1) is 5.92 Å². The van der Waals surface area contributed by atoms with Gasteiger partial charge in [-0.1, -0.05) is 44.2 Å². The maximum absolute atomic E-state index is 12.5. The van der Waals surface area contributed by atoms with Crippen LogP contribution in [0.15, 0.2) is 30.3 Å². The first kappa shape index (κ1) is 21.0. The predicted molar refractivity (Wildman–Crippen MR) is 107 cm³/mol. The second-order valence-electron chi connectivity index (χ2n) is 7.32. The molecule has 0 spiro atoms. The summed E-state index contributed by atoms with van der Waals surface area (Å²) in [5.41, 5.74) is 0.991. The third kappa shape index (κ3) is 6.10. The fourth-order valence-corrected chi connectivity index (χ4v) is 3.29. The third-order valence-corrected chi connectivity index (χ3v) is 4.65. The Bertz CT molecular complexity index is 672. The summed E-state index contributed by atoms with van der Waals surface area (Å²) in [5, 5.41) is 2.88. The molecular formula is C21H31N3O3. The van der Waals surface area contributed by atoms with Crippen LogP contribution < -0.4 is 10.1 Å². The summed E-state index contributed by atoms with van der Waals surface area (Å²) >= 11 is 0. The maximum Gasteiger partial charge on any atom is 0.237 e. The Labute approximate surface area is 162 Å². The van der Waals surface area contributed by atoms with Gasteiger partial charge in [-0.15, -0.1) is 0 Å². The standard InChI is InChI=1S/C21H31N3O3/c1-16(2)15-23(3)20(25)14-18-21(26)22-11-13-24(18)12-7-9-17-8-5-6-10-19(17)27-4/h5-10,16,18H,11-15H2,1-4H3,(H,22,26). The number of para-hydroxylation sites is 1. The number of rotatable bonds is 8. The van der Waals surface area contributed by atoms with Crippen molar-refractivity contribution in [1.29, 1.82) is 0 Å². The van der Waals surface area contributed by atoms with E-state index in [4.69, 9.17) is 4.74 Å². The monoisotopic (exact) mass is 373 g/mol. The average molecular weight is 373 g/mol. The van der Waals surface area contributed by atoms with E-state index >= 15 is 0 Å². The van der Waals surface area contributed by atoms with E-state index in [0.717, 1.165) is 17.9 Å². The number of ether oxygens (including phenoxy) is 1. The first-order valence-electron chi connectivity index (χ1n) is 9.47. The molecule has 1 aliphatic heterocycles. The van der Waals surface area contributed by atoms with Gasteiger partial charge >= 0.3 is 0 Å². The van der Waals surface area contributed by atoms with Gasteiger partial charge < -0.3 is 15.0 Å². The summed E-state index contributed by atoms with van der Waals surface area (Å²) in [4.78, 5) is 28.6. The van der Waals surface area contributed by atoms with Gasteiger partial charge in [0.15, 0.2) is 0 Å². The van der Waals surface area contributed by atoms with Gasteiger partial charge in [0.1, 0.15) is 5.75 Å².